The molecule has 0 bridgehead atoms. The van der Waals surface area contributed by atoms with Crippen molar-refractivity contribution in [3.05, 3.63) is 82.1 Å². The second-order valence-electron chi connectivity index (χ2n) is 8.50. The quantitative estimate of drug-likeness (QED) is 0.241. The van der Waals surface area contributed by atoms with E-state index in [1.807, 2.05) is 24.3 Å². The highest BCUT2D eigenvalue weighted by Gasteiger charge is 2.23. The molecule has 3 amide bonds. The van der Waals surface area contributed by atoms with Crippen LogP contribution >= 0.6 is 11.5 Å². The van der Waals surface area contributed by atoms with Gasteiger partial charge in [-0.15, -0.1) is 0 Å². The van der Waals surface area contributed by atoms with Crippen molar-refractivity contribution < 1.29 is 24.3 Å². The maximum absolute atomic E-state index is 13.2. The lowest BCUT2D eigenvalue weighted by molar-refractivity contribution is -0.139. The third kappa shape index (κ3) is 6.34. The molecule has 1 atom stereocenters. The van der Waals surface area contributed by atoms with Crippen LogP contribution in [0.2, 0.25) is 0 Å². The van der Waals surface area contributed by atoms with Crippen LogP contribution in [0.15, 0.2) is 54.7 Å². The highest BCUT2D eigenvalue weighted by molar-refractivity contribution is 7.06. The summed E-state index contributed by atoms with van der Waals surface area (Å²) in [4.78, 5) is 58.1. The smallest absolute Gasteiger partial charge is 0.326 e. The second-order valence-corrected chi connectivity index (χ2v) is 9.36. The number of fused-ring (bicyclic) bond motifs is 1. The number of aliphatic carboxylic acids is 1. The number of amides is 3. The zero-order valence-electron chi connectivity index (χ0n) is 20.3. The number of hydrogen-bond donors (Lipinski definition) is 4. The molecule has 194 valence electrons. The lowest BCUT2D eigenvalue weighted by Gasteiger charge is -2.14. The number of anilines is 1. The number of rotatable bonds is 10. The molecule has 2 aromatic carbocycles. The molecule has 38 heavy (non-hydrogen) atoms. The number of primary amides is 1. The van der Waals surface area contributed by atoms with Gasteiger partial charge in [-0.3, -0.25) is 19.4 Å². The summed E-state index contributed by atoms with van der Waals surface area (Å²) in [5.41, 5.74) is 8.77. The number of carboxylic acids is 1. The molecule has 12 heteroatoms. The van der Waals surface area contributed by atoms with Gasteiger partial charge in [-0.25, -0.2) is 9.78 Å². The molecule has 0 radical (unpaired) electrons. The Labute approximate surface area is 221 Å². The first-order chi connectivity index (χ1) is 18.2. The van der Waals surface area contributed by atoms with Crippen LogP contribution in [-0.4, -0.2) is 49.2 Å². The minimum atomic E-state index is -1.28. The van der Waals surface area contributed by atoms with E-state index in [0.29, 0.717) is 29.1 Å². The van der Waals surface area contributed by atoms with Gasteiger partial charge in [0.15, 0.2) is 0 Å². The number of carbonyl (C=O) groups excluding carboxylic acids is 3. The summed E-state index contributed by atoms with van der Waals surface area (Å²) in [6.07, 6.45) is 1.72. The summed E-state index contributed by atoms with van der Waals surface area (Å²) in [6.45, 7) is 1.74. The van der Waals surface area contributed by atoms with Crippen LogP contribution < -0.4 is 16.4 Å². The topological polar surface area (TPSA) is 177 Å². The summed E-state index contributed by atoms with van der Waals surface area (Å²) in [7, 11) is 0. The van der Waals surface area contributed by atoms with E-state index in [0.717, 1.165) is 15.9 Å². The SMILES string of the molecule is Cc1nsc(Cc2cnc3ccccc3n2)c1C(=O)Nc1cccc(C(=O)NC(CCC(N)=O)C(=O)O)c1. The molecule has 5 N–H and O–H groups in total. The average Bonchev–Trinajstić information content (AvgIpc) is 3.25. The highest BCUT2D eigenvalue weighted by atomic mass is 32.1. The summed E-state index contributed by atoms with van der Waals surface area (Å²) in [6, 6.07) is 12.3. The molecule has 0 fully saturated rings. The highest BCUT2D eigenvalue weighted by Crippen LogP contribution is 2.24. The van der Waals surface area contributed by atoms with Crippen molar-refractivity contribution in [2.24, 2.45) is 5.73 Å². The number of nitrogens with zero attached hydrogens (tertiary/aromatic N) is 3. The van der Waals surface area contributed by atoms with Gasteiger partial charge in [0.1, 0.15) is 6.04 Å². The molecule has 0 spiro atoms. The van der Waals surface area contributed by atoms with Crippen LogP contribution in [0, 0.1) is 6.92 Å². The molecule has 0 aliphatic rings. The number of carbonyl (C=O) groups is 4. The maximum Gasteiger partial charge on any atom is 0.326 e. The van der Waals surface area contributed by atoms with Crippen LogP contribution in [0.1, 0.15) is 49.8 Å². The molecular formula is C26H24N6O5S. The normalized spacial score (nSPS) is 11.6. The van der Waals surface area contributed by atoms with Crippen molar-refractivity contribution >= 4 is 51.9 Å². The second kappa shape index (κ2) is 11.6. The van der Waals surface area contributed by atoms with Gasteiger partial charge in [0, 0.05) is 35.2 Å². The van der Waals surface area contributed by atoms with Gasteiger partial charge in [0.25, 0.3) is 11.8 Å². The lowest BCUT2D eigenvalue weighted by atomic mass is 10.1. The van der Waals surface area contributed by atoms with Crippen molar-refractivity contribution in [3.8, 4) is 0 Å². The fraction of sp³-hybridized carbons (Fsp3) is 0.192. The lowest BCUT2D eigenvalue weighted by Crippen LogP contribution is -2.41. The van der Waals surface area contributed by atoms with Crippen LogP contribution in [0.25, 0.3) is 11.0 Å². The molecule has 0 aliphatic carbocycles. The molecule has 2 heterocycles. The molecule has 4 rings (SSSR count). The Morgan fingerprint density at radius 1 is 1.05 bits per heavy atom. The predicted molar refractivity (Wildman–Crippen MR) is 141 cm³/mol. The van der Waals surface area contributed by atoms with Crippen molar-refractivity contribution in [3.63, 3.8) is 0 Å². The zero-order chi connectivity index (χ0) is 27.2. The minimum Gasteiger partial charge on any atom is -0.480 e. The number of carboxylic acid groups (broad SMARTS) is 1. The first-order valence-electron chi connectivity index (χ1n) is 11.6. The fourth-order valence-electron chi connectivity index (χ4n) is 3.79. The molecule has 11 nitrogen and oxygen atoms in total. The number of hydrogen-bond acceptors (Lipinski definition) is 8. The Bertz CT molecular complexity index is 1540. The number of aryl methyl sites for hydroxylation is 1. The Balaban J connectivity index is 1.48. The summed E-state index contributed by atoms with van der Waals surface area (Å²) in [5.74, 6) is -3.02. The van der Waals surface area contributed by atoms with E-state index in [4.69, 9.17) is 5.73 Å². The minimum absolute atomic E-state index is 0.137. The maximum atomic E-state index is 13.2. The number of benzene rings is 2. The van der Waals surface area contributed by atoms with E-state index in [1.165, 1.54) is 23.7 Å². The third-order valence-corrected chi connectivity index (χ3v) is 6.60. The number of nitrogens with one attached hydrogen (secondary N) is 2. The van der Waals surface area contributed by atoms with Crippen molar-refractivity contribution in [1.82, 2.24) is 19.7 Å². The third-order valence-electron chi connectivity index (χ3n) is 5.67. The van der Waals surface area contributed by atoms with Gasteiger partial charge in [0.05, 0.1) is 28.0 Å². The first kappa shape index (κ1) is 26.4. The van der Waals surface area contributed by atoms with Crippen LogP contribution in [-0.2, 0) is 16.0 Å². The van der Waals surface area contributed by atoms with Gasteiger partial charge < -0.3 is 21.5 Å². The number of para-hydroxylation sites is 2. The molecule has 0 aliphatic heterocycles. The fourth-order valence-corrected chi connectivity index (χ4v) is 4.67. The molecule has 0 saturated heterocycles. The zero-order valence-corrected chi connectivity index (χ0v) is 21.1. The molecule has 1 unspecified atom stereocenters. The van der Waals surface area contributed by atoms with E-state index < -0.39 is 29.7 Å². The monoisotopic (exact) mass is 532 g/mol. The van der Waals surface area contributed by atoms with E-state index in [9.17, 15) is 24.3 Å². The van der Waals surface area contributed by atoms with Gasteiger partial charge in [-0.1, -0.05) is 18.2 Å². The Hall–Kier alpha value is -4.71. The standard InChI is InChI=1S/C26H24N6O5S/c1-14-23(21(38-32-14)12-17-13-28-18-7-2-3-8-19(18)29-17)25(35)30-16-6-4-5-15(11-16)24(34)31-20(26(36)37)9-10-22(27)33/h2-8,11,13,20H,9-10,12H2,1H3,(H2,27,33)(H,30,35)(H,31,34)(H,36,37). The molecule has 4 aromatic rings. The van der Waals surface area contributed by atoms with Crippen molar-refractivity contribution in [2.45, 2.75) is 32.2 Å². The van der Waals surface area contributed by atoms with Gasteiger partial charge in [-0.2, -0.15) is 4.37 Å². The Morgan fingerprint density at radius 3 is 2.55 bits per heavy atom. The van der Waals surface area contributed by atoms with E-state index >= 15 is 0 Å². The van der Waals surface area contributed by atoms with Gasteiger partial charge in [0.2, 0.25) is 5.91 Å². The molecular weight excluding hydrogens is 508 g/mol. The van der Waals surface area contributed by atoms with Gasteiger partial charge in [-0.05, 0) is 55.2 Å². The van der Waals surface area contributed by atoms with Crippen molar-refractivity contribution in [2.75, 3.05) is 5.32 Å². The summed E-state index contributed by atoms with van der Waals surface area (Å²) < 4.78 is 4.34. The summed E-state index contributed by atoms with van der Waals surface area (Å²) >= 11 is 1.21. The largest absolute Gasteiger partial charge is 0.480 e. The number of aromatic nitrogens is 3. The predicted octanol–water partition coefficient (Wildman–Crippen LogP) is 2.69. The van der Waals surface area contributed by atoms with E-state index in [1.54, 1.807) is 25.3 Å². The Morgan fingerprint density at radius 2 is 1.82 bits per heavy atom. The van der Waals surface area contributed by atoms with Crippen molar-refractivity contribution in [1.29, 1.82) is 0 Å². The Kier molecular flexibility index (Phi) is 8.02. The van der Waals surface area contributed by atoms with E-state index in [2.05, 4.69) is 25.0 Å². The van der Waals surface area contributed by atoms with Crippen LogP contribution in [0.4, 0.5) is 5.69 Å². The average molecular weight is 533 g/mol. The van der Waals surface area contributed by atoms with Gasteiger partial charge >= 0.3 is 5.97 Å². The first-order valence-corrected chi connectivity index (χ1v) is 12.4. The van der Waals surface area contributed by atoms with Crippen LogP contribution in [0.5, 0.6) is 0 Å². The molecule has 0 saturated carbocycles. The number of nitrogens with two attached hydrogens (primary N) is 1. The van der Waals surface area contributed by atoms with Crippen LogP contribution in [0.3, 0.4) is 0 Å². The van der Waals surface area contributed by atoms with E-state index in [-0.39, 0.29) is 18.4 Å². The molecule has 2 aromatic heterocycles. The summed E-state index contributed by atoms with van der Waals surface area (Å²) in [5, 5.41) is 14.5.